The number of nitrogens with one attached hydrogen (secondary N) is 1. The van der Waals surface area contributed by atoms with Crippen LogP contribution in [-0.4, -0.2) is 92.8 Å². The van der Waals surface area contributed by atoms with Gasteiger partial charge in [-0.2, -0.15) is 0 Å². The van der Waals surface area contributed by atoms with Crippen LogP contribution in [0.4, 0.5) is 4.79 Å². The lowest BCUT2D eigenvalue weighted by Gasteiger charge is -2.36. The lowest BCUT2D eigenvalue weighted by molar-refractivity contribution is 0.0309. The van der Waals surface area contributed by atoms with Gasteiger partial charge in [0, 0.05) is 58.9 Å². The quantitative estimate of drug-likeness (QED) is 0.708. The fraction of sp³-hybridized carbons (Fsp3) is 0.938. The maximum atomic E-state index is 12.0. The maximum Gasteiger partial charge on any atom is 0.317 e. The summed E-state index contributed by atoms with van der Waals surface area (Å²) in [6.07, 6.45) is 3.47. The number of nitrogens with zero attached hydrogens (tertiary/aromatic N) is 3. The number of rotatable bonds is 7. The minimum Gasteiger partial charge on any atom is -0.379 e. The second-order valence-electron chi connectivity index (χ2n) is 6.22. The topological polar surface area (TPSA) is 48.1 Å². The Labute approximate surface area is 134 Å². The molecule has 0 aromatic carbocycles. The summed E-state index contributed by atoms with van der Waals surface area (Å²) in [6.45, 7) is 12.7. The Kier molecular flexibility index (Phi) is 7.98. The molecule has 0 aromatic rings. The third-order valence-electron chi connectivity index (χ3n) is 4.55. The number of hydrogen-bond acceptors (Lipinski definition) is 4. The minimum atomic E-state index is 0.115. The predicted molar refractivity (Wildman–Crippen MR) is 88.2 cm³/mol. The summed E-state index contributed by atoms with van der Waals surface area (Å²) < 4.78 is 5.37. The molecule has 6 nitrogen and oxygen atoms in total. The van der Waals surface area contributed by atoms with Crippen LogP contribution in [-0.2, 0) is 4.74 Å². The van der Waals surface area contributed by atoms with Gasteiger partial charge < -0.3 is 15.0 Å². The molecule has 0 bridgehead atoms. The summed E-state index contributed by atoms with van der Waals surface area (Å²) in [5.74, 6) is 0. The van der Waals surface area contributed by atoms with E-state index in [1.807, 2.05) is 4.90 Å². The highest BCUT2D eigenvalue weighted by Gasteiger charge is 2.21. The van der Waals surface area contributed by atoms with E-state index >= 15 is 0 Å². The molecule has 0 aromatic heterocycles. The number of urea groups is 1. The van der Waals surface area contributed by atoms with Gasteiger partial charge in [0.1, 0.15) is 0 Å². The van der Waals surface area contributed by atoms with Crippen LogP contribution >= 0.6 is 0 Å². The molecule has 6 heteroatoms. The normalized spacial score (nSPS) is 21.0. The smallest absolute Gasteiger partial charge is 0.317 e. The van der Waals surface area contributed by atoms with E-state index in [4.69, 9.17) is 4.74 Å². The van der Waals surface area contributed by atoms with Gasteiger partial charge in [0.15, 0.2) is 0 Å². The molecule has 0 atom stereocenters. The van der Waals surface area contributed by atoms with Crippen LogP contribution in [0.25, 0.3) is 0 Å². The number of amides is 2. The van der Waals surface area contributed by atoms with Gasteiger partial charge in [0.25, 0.3) is 0 Å². The molecule has 128 valence electrons. The SMILES string of the molecule is CCCCCNC(=O)N1CCN(CCN2CCOCC2)CC1. The van der Waals surface area contributed by atoms with Crippen LogP contribution < -0.4 is 5.32 Å². The van der Waals surface area contributed by atoms with Gasteiger partial charge in [-0.15, -0.1) is 0 Å². The number of morpholine rings is 1. The first-order valence-corrected chi connectivity index (χ1v) is 8.85. The molecule has 0 saturated carbocycles. The number of hydrogen-bond donors (Lipinski definition) is 1. The van der Waals surface area contributed by atoms with E-state index in [1.54, 1.807) is 0 Å². The Morgan fingerprint density at radius 1 is 0.955 bits per heavy atom. The molecular weight excluding hydrogens is 280 g/mol. The van der Waals surface area contributed by atoms with Crippen molar-refractivity contribution in [2.45, 2.75) is 26.2 Å². The van der Waals surface area contributed by atoms with E-state index in [0.717, 1.165) is 78.5 Å². The number of carbonyl (C=O) groups is 1. The summed E-state index contributed by atoms with van der Waals surface area (Å²) in [7, 11) is 0. The highest BCUT2D eigenvalue weighted by molar-refractivity contribution is 5.74. The summed E-state index contributed by atoms with van der Waals surface area (Å²) >= 11 is 0. The van der Waals surface area contributed by atoms with Gasteiger partial charge in [-0.3, -0.25) is 9.80 Å². The number of unbranched alkanes of at least 4 members (excludes halogenated alkanes) is 2. The van der Waals surface area contributed by atoms with Crippen molar-refractivity contribution in [3.8, 4) is 0 Å². The maximum absolute atomic E-state index is 12.0. The van der Waals surface area contributed by atoms with Crippen LogP contribution in [0.2, 0.25) is 0 Å². The molecule has 2 fully saturated rings. The van der Waals surface area contributed by atoms with E-state index in [2.05, 4.69) is 22.0 Å². The van der Waals surface area contributed by atoms with Gasteiger partial charge in [-0.1, -0.05) is 19.8 Å². The minimum absolute atomic E-state index is 0.115. The Balaban J connectivity index is 1.55. The molecule has 0 unspecified atom stereocenters. The van der Waals surface area contributed by atoms with Crippen molar-refractivity contribution in [3.05, 3.63) is 0 Å². The highest BCUT2D eigenvalue weighted by Crippen LogP contribution is 2.04. The third kappa shape index (κ3) is 6.10. The third-order valence-corrected chi connectivity index (χ3v) is 4.55. The van der Waals surface area contributed by atoms with Gasteiger partial charge in [-0.25, -0.2) is 4.79 Å². The van der Waals surface area contributed by atoms with Crippen LogP contribution in [0.15, 0.2) is 0 Å². The van der Waals surface area contributed by atoms with E-state index in [9.17, 15) is 4.79 Å². The lowest BCUT2D eigenvalue weighted by Crippen LogP contribution is -2.53. The Bertz CT molecular complexity index is 313. The summed E-state index contributed by atoms with van der Waals surface area (Å²) in [5, 5.41) is 3.03. The second kappa shape index (κ2) is 10.0. The summed E-state index contributed by atoms with van der Waals surface area (Å²) in [6, 6.07) is 0.115. The zero-order valence-electron chi connectivity index (χ0n) is 14.1. The first-order chi connectivity index (χ1) is 10.8. The van der Waals surface area contributed by atoms with E-state index < -0.39 is 0 Å². The van der Waals surface area contributed by atoms with Crippen LogP contribution in [0.5, 0.6) is 0 Å². The zero-order chi connectivity index (χ0) is 15.6. The number of piperazine rings is 1. The van der Waals surface area contributed by atoms with Crippen molar-refractivity contribution >= 4 is 6.03 Å². The molecule has 2 rings (SSSR count). The number of carbonyl (C=O) groups excluding carboxylic acids is 1. The molecule has 0 spiro atoms. The van der Waals surface area contributed by atoms with E-state index in [1.165, 1.54) is 12.8 Å². The Morgan fingerprint density at radius 3 is 2.23 bits per heavy atom. The number of ether oxygens (including phenoxy) is 1. The molecule has 2 saturated heterocycles. The largest absolute Gasteiger partial charge is 0.379 e. The molecule has 22 heavy (non-hydrogen) atoms. The van der Waals surface area contributed by atoms with Gasteiger partial charge in [0.05, 0.1) is 13.2 Å². The van der Waals surface area contributed by atoms with E-state index in [0.29, 0.717) is 0 Å². The Hall–Kier alpha value is -0.850. The van der Waals surface area contributed by atoms with Crippen molar-refractivity contribution < 1.29 is 9.53 Å². The fourth-order valence-corrected chi connectivity index (χ4v) is 2.96. The van der Waals surface area contributed by atoms with Gasteiger partial charge in [-0.05, 0) is 6.42 Å². The molecule has 0 radical (unpaired) electrons. The fourth-order valence-electron chi connectivity index (χ4n) is 2.96. The molecule has 2 heterocycles. The van der Waals surface area contributed by atoms with Crippen LogP contribution in [0.3, 0.4) is 0 Å². The van der Waals surface area contributed by atoms with Crippen molar-refractivity contribution in [2.75, 3.05) is 72.1 Å². The van der Waals surface area contributed by atoms with Crippen LogP contribution in [0.1, 0.15) is 26.2 Å². The molecule has 2 amide bonds. The van der Waals surface area contributed by atoms with Crippen molar-refractivity contribution in [3.63, 3.8) is 0 Å². The van der Waals surface area contributed by atoms with E-state index in [-0.39, 0.29) is 6.03 Å². The second-order valence-corrected chi connectivity index (χ2v) is 6.22. The monoisotopic (exact) mass is 312 g/mol. The summed E-state index contributed by atoms with van der Waals surface area (Å²) in [5.41, 5.74) is 0. The summed E-state index contributed by atoms with van der Waals surface area (Å²) in [4.78, 5) is 18.9. The van der Waals surface area contributed by atoms with Gasteiger partial charge >= 0.3 is 6.03 Å². The first kappa shape index (κ1) is 17.5. The predicted octanol–water partition coefficient (Wildman–Crippen LogP) is 0.836. The first-order valence-electron chi connectivity index (χ1n) is 8.85. The zero-order valence-corrected chi connectivity index (χ0v) is 14.1. The average molecular weight is 312 g/mol. The standard InChI is InChI=1S/C16H32N4O2/c1-2-3-4-5-17-16(21)20-10-8-18(9-11-20)6-7-19-12-14-22-15-13-19/h2-15H2,1H3,(H,17,21). The average Bonchev–Trinajstić information content (AvgIpc) is 2.58. The van der Waals surface area contributed by atoms with Crippen molar-refractivity contribution in [2.24, 2.45) is 0 Å². The molecule has 2 aliphatic heterocycles. The molecule has 1 N–H and O–H groups in total. The van der Waals surface area contributed by atoms with Crippen LogP contribution in [0, 0.1) is 0 Å². The highest BCUT2D eigenvalue weighted by atomic mass is 16.5. The lowest BCUT2D eigenvalue weighted by atomic mass is 10.2. The molecular formula is C16H32N4O2. The van der Waals surface area contributed by atoms with Gasteiger partial charge in [0.2, 0.25) is 0 Å². The Morgan fingerprint density at radius 2 is 1.59 bits per heavy atom. The van der Waals surface area contributed by atoms with Crippen molar-refractivity contribution in [1.29, 1.82) is 0 Å². The molecule has 2 aliphatic rings. The molecule has 0 aliphatic carbocycles. The van der Waals surface area contributed by atoms with Crippen molar-refractivity contribution in [1.82, 2.24) is 20.0 Å².